The summed E-state index contributed by atoms with van der Waals surface area (Å²) in [5, 5.41) is 19.1. The van der Waals surface area contributed by atoms with Crippen molar-refractivity contribution in [1.29, 1.82) is 0 Å². The number of rotatable bonds is 4. The van der Waals surface area contributed by atoms with Crippen LogP contribution in [-0.4, -0.2) is 36.5 Å². The normalized spacial score (nSPS) is 5.67. The molecule has 6 nitrogen and oxygen atoms in total. The molecule has 0 fully saturated rings. The molecule has 0 aromatic heterocycles. The largest absolute Gasteiger partial charge is 0.405 e. The Balaban J connectivity index is -0.0000000284. The Morgan fingerprint density at radius 2 is 0.944 bits per heavy atom. The summed E-state index contributed by atoms with van der Waals surface area (Å²) in [5.74, 6) is 0. The van der Waals surface area contributed by atoms with Crippen LogP contribution >= 0.6 is 24.8 Å². The third-order valence-electron chi connectivity index (χ3n) is 0.577. The monoisotopic (exact) mass is 306 g/mol. The van der Waals surface area contributed by atoms with Crippen LogP contribution in [0.25, 0.3) is 0 Å². The summed E-state index contributed by atoms with van der Waals surface area (Å²) in [6, 6.07) is 0. The van der Waals surface area contributed by atoms with Crippen LogP contribution in [0.1, 0.15) is 0 Å². The first-order chi connectivity index (χ1) is 7.66. The fourth-order valence-electron chi connectivity index (χ4n) is 0.283. The van der Waals surface area contributed by atoms with Crippen molar-refractivity contribution in [2.75, 3.05) is 26.3 Å². The lowest BCUT2D eigenvalue weighted by molar-refractivity contribution is 0.267. The van der Waals surface area contributed by atoms with Gasteiger partial charge in [0.2, 0.25) is 0 Å². The highest BCUT2D eigenvalue weighted by molar-refractivity contribution is 5.85. The van der Waals surface area contributed by atoms with Crippen molar-refractivity contribution in [3.63, 3.8) is 0 Å². The third kappa shape index (κ3) is 315. The summed E-state index contributed by atoms with van der Waals surface area (Å²) in [6.45, 7) is 10.8. The molecule has 0 spiro atoms. The molecular formula is C10H28Cl2N4O2. The molecule has 0 bridgehead atoms. The lowest BCUT2D eigenvalue weighted by Crippen LogP contribution is -2.21. The summed E-state index contributed by atoms with van der Waals surface area (Å²) in [7, 11) is 0. The second-order valence-corrected chi connectivity index (χ2v) is 1.90. The van der Waals surface area contributed by atoms with Gasteiger partial charge in [-0.1, -0.05) is 19.7 Å². The van der Waals surface area contributed by atoms with Crippen molar-refractivity contribution in [2.45, 2.75) is 0 Å². The maximum atomic E-state index is 8.15. The fraction of sp³-hybridized carbons (Fsp3) is 0.400. The van der Waals surface area contributed by atoms with Crippen molar-refractivity contribution in [1.82, 2.24) is 5.32 Å². The molecule has 0 amide bonds. The van der Waals surface area contributed by atoms with E-state index in [4.69, 9.17) is 10.2 Å². The predicted molar refractivity (Wildman–Crippen MR) is 84.7 cm³/mol. The second kappa shape index (κ2) is 72.9. The zero-order valence-electron chi connectivity index (χ0n) is 10.6. The van der Waals surface area contributed by atoms with Crippen molar-refractivity contribution in [2.24, 2.45) is 17.2 Å². The molecule has 114 valence electrons. The van der Waals surface area contributed by atoms with Crippen molar-refractivity contribution >= 4 is 24.8 Å². The Morgan fingerprint density at radius 3 is 1.06 bits per heavy atom. The van der Waals surface area contributed by atoms with E-state index in [0.717, 1.165) is 0 Å². The minimum Gasteiger partial charge on any atom is -0.405 e. The summed E-state index contributed by atoms with van der Waals surface area (Å²) in [4.78, 5) is 0. The van der Waals surface area contributed by atoms with Crippen LogP contribution in [-0.2, 0) is 0 Å². The maximum absolute atomic E-state index is 8.15. The average molecular weight is 307 g/mol. The predicted octanol–water partition coefficient (Wildman–Crippen LogP) is -0.330. The zero-order chi connectivity index (χ0) is 13.7. The van der Waals surface area contributed by atoms with Crippen molar-refractivity contribution in [3.05, 3.63) is 38.3 Å². The standard InChI is InChI=1S/C4H11NO2.3C2H5N.2ClH/c6-3-1-5-2-4-7;3*1-2-3;;/h5-7H,1-4H2;3*2H,1,3H2;2*1H. The Bertz CT molecular complexity index is 112. The van der Waals surface area contributed by atoms with Gasteiger partial charge < -0.3 is 32.7 Å². The van der Waals surface area contributed by atoms with Gasteiger partial charge in [-0.3, -0.25) is 0 Å². The molecule has 18 heavy (non-hydrogen) atoms. The number of nitrogens with two attached hydrogens (primary N) is 3. The molecule has 0 aliphatic rings. The van der Waals surface area contributed by atoms with Crippen LogP contribution in [0.2, 0.25) is 0 Å². The highest BCUT2D eigenvalue weighted by Crippen LogP contribution is 1.54. The van der Waals surface area contributed by atoms with E-state index in [9.17, 15) is 0 Å². The van der Waals surface area contributed by atoms with Crippen molar-refractivity contribution < 1.29 is 10.2 Å². The number of hydrogen-bond donors (Lipinski definition) is 6. The van der Waals surface area contributed by atoms with Gasteiger partial charge in [-0.25, -0.2) is 0 Å². The molecule has 0 heterocycles. The lowest BCUT2D eigenvalue weighted by Gasteiger charge is -1.94. The maximum Gasteiger partial charge on any atom is 0.0555 e. The SMILES string of the molecule is C=CN.C=CN.C=CN.Cl.Cl.OCCNCCO. The number of aliphatic hydroxyl groups is 2. The van der Waals surface area contributed by atoms with Gasteiger partial charge in [0, 0.05) is 13.1 Å². The molecule has 0 aliphatic carbocycles. The summed E-state index contributed by atoms with van der Waals surface area (Å²) < 4.78 is 0. The number of aliphatic hydroxyl groups excluding tert-OH is 2. The molecule has 0 aliphatic heterocycles. The third-order valence-corrected chi connectivity index (χ3v) is 0.577. The molecule has 8 heteroatoms. The highest BCUT2D eigenvalue weighted by atomic mass is 35.5. The molecular weight excluding hydrogens is 279 g/mol. The summed E-state index contributed by atoms with van der Waals surface area (Å²) in [5.41, 5.74) is 13.8. The van der Waals surface area contributed by atoms with E-state index in [0.29, 0.717) is 13.1 Å². The van der Waals surface area contributed by atoms with Gasteiger partial charge in [0.05, 0.1) is 13.2 Å². The minimum atomic E-state index is 0. The molecule has 0 radical (unpaired) electrons. The Labute approximate surface area is 122 Å². The second-order valence-electron chi connectivity index (χ2n) is 1.90. The van der Waals surface area contributed by atoms with Gasteiger partial charge >= 0.3 is 0 Å². The molecule has 0 saturated heterocycles. The van der Waals surface area contributed by atoms with Crippen LogP contribution in [0.5, 0.6) is 0 Å². The highest BCUT2D eigenvalue weighted by Gasteiger charge is 1.78. The van der Waals surface area contributed by atoms with Crippen LogP contribution in [0.15, 0.2) is 38.3 Å². The van der Waals surface area contributed by atoms with E-state index in [2.05, 4.69) is 42.3 Å². The van der Waals surface area contributed by atoms with E-state index >= 15 is 0 Å². The molecule has 0 rings (SSSR count). The minimum absolute atomic E-state index is 0. The van der Waals surface area contributed by atoms with Crippen LogP contribution in [0.3, 0.4) is 0 Å². The van der Waals surface area contributed by atoms with Crippen LogP contribution in [0.4, 0.5) is 0 Å². The van der Waals surface area contributed by atoms with Crippen LogP contribution < -0.4 is 22.5 Å². The van der Waals surface area contributed by atoms with Gasteiger partial charge in [0.15, 0.2) is 0 Å². The molecule has 0 atom stereocenters. The van der Waals surface area contributed by atoms with Gasteiger partial charge in [0.1, 0.15) is 0 Å². The van der Waals surface area contributed by atoms with E-state index in [1.807, 2.05) is 0 Å². The van der Waals surface area contributed by atoms with Gasteiger partial charge in [-0.05, 0) is 18.6 Å². The van der Waals surface area contributed by atoms with Crippen molar-refractivity contribution in [3.8, 4) is 0 Å². The Morgan fingerprint density at radius 1 is 0.778 bits per heavy atom. The zero-order valence-corrected chi connectivity index (χ0v) is 12.3. The average Bonchev–Trinajstić information content (AvgIpc) is 2.22. The molecule has 0 saturated carbocycles. The smallest absolute Gasteiger partial charge is 0.0555 e. The first-order valence-corrected chi connectivity index (χ1v) is 4.56. The Kier molecular flexibility index (Phi) is 146. The van der Waals surface area contributed by atoms with E-state index in [-0.39, 0.29) is 38.0 Å². The van der Waals surface area contributed by atoms with Gasteiger partial charge in [0.25, 0.3) is 0 Å². The van der Waals surface area contributed by atoms with Gasteiger partial charge in [-0.2, -0.15) is 0 Å². The van der Waals surface area contributed by atoms with Crippen LogP contribution in [0, 0.1) is 0 Å². The lowest BCUT2D eigenvalue weighted by atomic mass is 10.6. The number of hydrogen-bond acceptors (Lipinski definition) is 6. The summed E-state index contributed by atoms with van der Waals surface area (Å²) in [6.07, 6.45) is 3.75. The molecule has 0 aromatic carbocycles. The van der Waals surface area contributed by atoms with E-state index in [1.165, 1.54) is 18.6 Å². The molecule has 9 N–H and O–H groups in total. The first-order valence-electron chi connectivity index (χ1n) is 4.56. The molecule has 0 unspecified atom stereocenters. The quantitative estimate of drug-likeness (QED) is 0.394. The molecule has 0 aromatic rings. The van der Waals surface area contributed by atoms with E-state index in [1.54, 1.807) is 0 Å². The fourth-order valence-corrected chi connectivity index (χ4v) is 0.283. The Hall–Kier alpha value is -0.920. The number of nitrogens with one attached hydrogen (secondary N) is 1. The summed E-state index contributed by atoms with van der Waals surface area (Å²) >= 11 is 0. The number of halogens is 2. The topological polar surface area (TPSA) is 131 Å². The van der Waals surface area contributed by atoms with E-state index < -0.39 is 0 Å². The first kappa shape index (κ1) is 36.0. The van der Waals surface area contributed by atoms with Gasteiger partial charge in [-0.15, -0.1) is 24.8 Å².